The minimum absolute atomic E-state index is 0.0131. The van der Waals surface area contributed by atoms with Crippen molar-refractivity contribution in [3.63, 3.8) is 0 Å². The molecule has 0 atom stereocenters. The Balaban J connectivity index is 1.88. The Morgan fingerprint density at radius 3 is 2.36 bits per heavy atom. The molecule has 28 heavy (non-hydrogen) atoms. The maximum absolute atomic E-state index is 13.5. The van der Waals surface area contributed by atoms with E-state index in [0.29, 0.717) is 11.0 Å². The number of carbonyl (C=O) groups excluding carboxylic acids is 1. The normalized spacial score (nSPS) is 15.4. The molecule has 0 aromatic heterocycles. The van der Waals surface area contributed by atoms with Crippen molar-refractivity contribution in [1.29, 1.82) is 10.8 Å². The first-order valence-electron chi connectivity index (χ1n) is 8.10. The van der Waals surface area contributed by atoms with Crippen molar-refractivity contribution in [3.8, 4) is 0 Å². The Labute approximate surface area is 156 Å². The van der Waals surface area contributed by atoms with Crippen molar-refractivity contribution < 1.29 is 31.1 Å². The van der Waals surface area contributed by atoms with Gasteiger partial charge in [0.05, 0.1) is 6.54 Å². The van der Waals surface area contributed by atoms with Crippen LogP contribution in [0.15, 0.2) is 24.3 Å². The fourth-order valence-corrected chi connectivity index (χ4v) is 2.57. The number of alkyl halides is 3. The summed E-state index contributed by atoms with van der Waals surface area (Å²) in [4.78, 5) is 13.7. The molecule has 5 nitrogen and oxygen atoms in total. The number of allylic oxidation sites excluding steroid dienone is 1. The van der Waals surface area contributed by atoms with Gasteiger partial charge >= 0.3 is 6.18 Å². The number of carbonyl (C=O) groups is 1. The monoisotopic (exact) mass is 406 g/mol. The lowest BCUT2D eigenvalue weighted by Crippen LogP contribution is -2.56. The van der Waals surface area contributed by atoms with Gasteiger partial charge in [0, 0.05) is 19.2 Å². The van der Waals surface area contributed by atoms with Crippen LogP contribution >= 0.6 is 0 Å². The van der Waals surface area contributed by atoms with Crippen LogP contribution in [0.2, 0.25) is 0 Å². The Hall–Kier alpha value is -2.85. The van der Waals surface area contributed by atoms with Gasteiger partial charge in [-0.15, -0.1) is 0 Å². The zero-order valence-corrected chi connectivity index (χ0v) is 14.4. The lowest BCUT2D eigenvalue weighted by molar-refractivity contribution is -0.126. The first-order chi connectivity index (χ1) is 13.0. The molecular weight excluding hydrogens is 390 g/mol. The maximum Gasteiger partial charge on any atom is 0.449 e. The largest absolute Gasteiger partial charge is 0.449 e. The van der Waals surface area contributed by atoms with Gasteiger partial charge in [-0.1, -0.05) is 6.08 Å². The van der Waals surface area contributed by atoms with E-state index >= 15 is 0 Å². The highest BCUT2D eigenvalue weighted by Gasteiger charge is 2.41. The van der Waals surface area contributed by atoms with Crippen molar-refractivity contribution >= 4 is 17.6 Å². The molecule has 1 aromatic rings. The summed E-state index contributed by atoms with van der Waals surface area (Å²) >= 11 is 0. The molecule has 152 valence electrons. The van der Waals surface area contributed by atoms with Crippen molar-refractivity contribution in [2.45, 2.75) is 19.0 Å². The number of nitrogens with one attached hydrogen (secondary N) is 2. The van der Waals surface area contributed by atoms with Gasteiger partial charge in [0.2, 0.25) is 11.7 Å². The van der Waals surface area contributed by atoms with E-state index < -0.39 is 41.2 Å². The Morgan fingerprint density at radius 2 is 1.75 bits per heavy atom. The molecule has 0 unspecified atom stereocenters. The third-order valence-electron chi connectivity index (χ3n) is 4.04. The van der Waals surface area contributed by atoms with Crippen LogP contribution < -0.4 is 0 Å². The van der Waals surface area contributed by atoms with E-state index in [4.69, 9.17) is 10.8 Å². The highest BCUT2D eigenvalue weighted by molar-refractivity contribution is 6.03. The zero-order chi connectivity index (χ0) is 21.1. The lowest BCUT2D eigenvalue weighted by Gasteiger charge is -2.36. The standard InChI is InChI=1S/C17H16F6N4O/c18-11-8-13(20)12(19)7-10(11)3-1-2-4-15(28)26-5-6-27(14(24)9-26)16(25)17(21,22)23/h2,4,7-8,24-25H,1,3,5-6,9H2. The summed E-state index contributed by atoms with van der Waals surface area (Å²) in [6.45, 7) is -0.835. The van der Waals surface area contributed by atoms with Crippen molar-refractivity contribution in [2.75, 3.05) is 19.6 Å². The molecule has 1 aliphatic heterocycles. The van der Waals surface area contributed by atoms with Gasteiger partial charge in [-0.3, -0.25) is 15.6 Å². The van der Waals surface area contributed by atoms with E-state index in [1.165, 1.54) is 6.08 Å². The van der Waals surface area contributed by atoms with Crippen LogP contribution in [0.3, 0.4) is 0 Å². The van der Waals surface area contributed by atoms with Gasteiger partial charge < -0.3 is 9.80 Å². The summed E-state index contributed by atoms with van der Waals surface area (Å²) in [5.41, 5.74) is -0.0583. The third kappa shape index (κ3) is 5.11. The SMILES string of the molecule is N=C1CN(C(=O)C=CCCc2cc(F)c(F)cc2F)CCN1C(=N)C(F)(F)F. The fraction of sp³-hybridized carbons (Fsp3) is 0.353. The zero-order valence-electron chi connectivity index (χ0n) is 14.4. The van der Waals surface area contributed by atoms with Gasteiger partial charge in [-0.25, -0.2) is 13.2 Å². The molecule has 0 saturated carbocycles. The number of hydrogen-bond donors (Lipinski definition) is 2. The molecule has 2 N–H and O–H groups in total. The number of piperazine rings is 1. The first kappa shape index (κ1) is 21.5. The summed E-state index contributed by atoms with van der Waals surface area (Å²) < 4.78 is 77.1. The molecular formula is C17H16F6N4O. The third-order valence-corrected chi connectivity index (χ3v) is 4.04. The fourth-order valence-electron chi connectivity index (χ4n) is 2.57. The van der Waals surface area contributed by atoms with E-state index in [9.17, 15) is 31.1 Å². The van der Waals surface area contributed by atoms with Gasteiger partial charge in [-0.05, 0) is 30.5 Å². The molecule has 11 heteroatoms. The molecule has 1 heterocycles. The van der Waals surface area contributed by atoms with E-state index in [2.05, 4.69) is 0 Å². The van der Waals surface area contributed by atoms with Crippen LogP contribution in [-0.4, -0.2) is 53.2 Å². The van der Waals surface area contributed by atoms with Crippen molar-refractivity contribution in [2.24, 2.45) is 0 Å². The average Bonchev–Trinajstić information content (AvgIpc) is 2.61. The molecule has 0 bridgehead atoms. The maximum atomic E-state index is 13.5. The number of amidine groups is 2. The summed E-state index contributed by atoms with van der Waals surface area (Å²) in [5.74, 6) is -6.14. The van der Waals surface area contributed by atoms with E-state index in [1.807, 2.05) is 0 Å². The van der Waals surface area contributed by atoms with E-state index in [0.717, 1.165) is 17.0 Å². The summed E-state index contributed by atoms with van der Waals surface area (Å²) in [6, 6.07) is 1.17. The Bertz CT molecular complexity index is 821. The number of benzene rings is 1. The van der Waals surface area contributed by atoms with Crippen LogP contribution in [0.4, 0.5) is 26.3 Å². The lowest BCUT2D eigenvalue weighted by atomic mass is 10.1. The summed E-state index contributed by atoms with van der Waals surface area (Å²) in [7, 11) is 0. The van der Waals surface area contributed by atoms with Crippen LogP contribution in [0.25, 0.3) is 0 Å². The summed E-state index contributed by atoms with van der Waals surface area (Å²) in [5, 5.41) is 14.7. The predicted molar refractivity (Wildman–Crippen MR) is 88.6 cm³/mol. The molecule has 0 spiro atoms. The second kappa shape index (κ2) is 8.44. The molecule has 1 amide bonds. The van der Waals surface area contributed by atoms with Gasteiger partial charge in [0.15, 0.2) is 11.6 Å². The van der Waals surface area contributed by atoms with Crippen LogP contribution in [0.1, 0.15) is 12.0 Å². The molecule has 0 aliphatic carbocycles. The molecule has 1 fully saturated rings. The number of aryl methyl sites for hydroxylation is 1. The van der Waals surface area contributed by atoms with Crippen LogP contribution in [0, 0.1) is 28.3 Å². The molecule has 2 rings (SSSR count). The van der Waals surface area contributed by atoms with E-state index in [1.54, 1.807) is 0 Å². The van der Waals surface area contributed by atoms with Crippen molar-refractivity contribution in [1.82, 2.24) is 9.80 Å². The predicted octanol–water partition coefficient (Wildman–Crippen LogP) is 3.25. The van der Waals surface area contributed by atoms with E-state index in [-0.39, 0.29) is 38.0 Å². The molecule has 1 saturated heterocycles. The average molecular weight is 406 g/mol. The molecule has 0 radical (unpaired) electrons. The molecule has 1 aromatic carbocycles. The van der Waals surface area contributed by atoms with Crippen molar-refractivity contribution in [3.05, 3.63) is 47.3 Å². The number of halogens is 6. The Kier molecular flexibility index (Phi) is 6.47. The topological polar surface area (TPSA) is 71.2 Å². The number of amides is 1. The number of nitrogens with zero attached hydrogens (tertiary/aromatic N) is 2. The quantitative estimate of drug-likeness (QED) is 0.265. The minimum atomic E-state index is -4.88. The number of rotatable bonds is 4. The summed E-state index contributed by atoms with van der Waals surface area (Å²) in [6.07, 6.45) is -2.23. The minimum Gasteiger partial charge on any atom is -0.330 e. The first-order valence-corrected chi connectivity index (χ1v) is 8.10. The highest BCUT2D eigenvalue weighted by atomic mass is 19.4. The van der Waals surface area contributed by atoms with Gasteiger partial charge in [0.1, 0.15) is 11.7 Å². The van der Waals surface area contributed by atoms with Gasteiger partial charge in [-0.2, -0.15) is 13.2 Å². The number of hydrogen-bond acceptors (Lipinski definition) is 3. The smallest absolute Gasteiger partial charge is 0.330 e. The van der Waals surface area contributed by atoms with Crippen LogP contribution in [-0.2, 0) is 11.2 Å². The highest BCUT2D eigenvalue weighted by Crippen LogP contribution is 2.20. The van der Waals surface area contributed by atoms with Gasteiger partial charge in [0.25, 0.3) is 0 Å². The Morgan fingerprint density at radius 1 is 1.11 bits per heavy atom. The van der Waals surface area contributed by atoms with Crippen LogP contribution in [0.5, 0.6) is 0 Å². The second-order valence-electron chi connectivity index (χ2n) is 6.00. The second-order valence-corrected chi connectivity index (χ2v) is 6.00. The molecule has 1 aliphatic rings.